The van der Waals surface area contributed by atoms with Crippen LogP contribution in [0.5, 0.6) is 0 Å². The zero-order chi connectivity index (χ0) is 21.6. The van der Waals surface area contributed by atoms with Crippen molar-refractivity contribution in [1.29, 1.82) is 0 Å². The molecule has 1 aromatic heterocycles. The number of carbonyl (C=O) groups excluding carboxylic acids is 2. The SMILES string of the molecule is CC(=O)c1cnn(C(=O)N2CC3CN(Cc4cc(Cl)ccc4C(F)(F)F)CC3C2)c1. The number of benzene rings is 1. The van der Waals surface area contributed by atoms with Gasteiger partial charge in [0.25, 0.3) is 0 Å². The fourth-order valence-corrected chi connectivity index (χ4v) is 4.53. The van der Waals surface area contributed by atoms with Crippen molar-refractivity contribution in [2.75, 3.05) is 26.2 Å². The molecule has 2 fully saturated rings. The lowest BCUT2D eigenvalue weighted by molar-refractivity contribution is -0.138. The number of alkyl halides is 3. The molecule has 2 aliphatic heterocycles. The van der Waals surface area contributed by atoms with E-state index in [1.165, 1.54) is 31.5 Å². The molecule has 2 aliphatic rings. The van der Waals surface area contributed by atoms with Crippen LogP contribution in [0.1, 0.15) is 28.4 Å². The van der Waals surface area contributed by atoms with Crippen molar-refractivity contribution < 1.29 is 22.8 Å². The van der Waals surface area contributed by atoms with Gasteiger partial charge in [-0.2, -0.15) is 23.0 Å². The van der Waals surface area contributed by atoms with Gasteiger partial charge in [-0.1, -0.05) is 11.6 Å². The van der Waals surface area contributed by atoms with Crippen LogP contribution < -0.4 is 0 Å². The van der Waals surface area contributed by atoms with Crippen LogP contribution in [0.25, 0.3) is 0 Å². The van der Waals surface area contributed by atoms with Crippen molar-refractivity contribution in [2.24, 2.45) is 11.8 Å². The van der Waals surface area contributed by atoms with Crippen LogP contribution in [0, 0.1) is 11.8 Å². The summed E-state index contributed by atoms with van der Waals surface area (Å²) in [4.78, 5) is 27.7. The number of carbonyl (C=O) groups is 2. The predicted molar refractivity (Wildman–Crippen MR) is 103 cm³/mol. The van der Waals surface area contributed by atoms with E-state index in [2.05, 4.69) is 5.10 Å². The molecule has 0 saturated carbocycles. The van der Waals surface area contributed by atoms with Gasteiger partial charge in [0, 0.05) is 43.9 Å². The second-order valence-corrected chi connectivity index (χ2v) is 8.37. The molecule has 2 aromatic rings. The van der Waals surface area contributed by atoms with E-state index in [0.29, 0.717) is 31.7 Å². The van der Waals surface area contributed by atoms with Gasteiger partial charge in [-0.3, -0.25) is 9.69 Å². The van der Waals surface area contributed by atoms with Crippen molar-refractivity contribution in [2.45, 2.75) is 19.6 Å². The van der Waals surface area contributed by atoms with Crippen molar-refractivity contribution in [3.05, 3.63) is 52.3 Å². The Kier molecular flexibility index (Phi) is 5.36. The quantitative estimate of drug-likeness (QED) is 0.681. The number of hydrogen-bond acceptors (Lipinski definition) is 4. The van der Waals surface area contributed by atoms with E-state index in [4.69, 9.17) is 11.6 Å². The molecule has 1 amide bonds. The van der Waals surface area contributed by atoms with Crippen molar-refractivity contribution in [3.63, 3.8) is 0 Å². The maximum atomic E-state index is 13.3. The molecule has 10 heteroatoms. The summed E-state index contributed by atoms with van der Waals surface area (Å²) in [5.74, 6) is 0.206. The Morgan fingerprint density at radius 1 is 1.17 bits per heavy atom. The molecule has 30 heavy (non-hydrogen) atoms. The van der Waals surface area contributed by atoms with Gasteiger partial charge < -0.3 is 4.90 Å². The summed E-state index contributed by atoms with van der Waals surface area (Å²) in [7, 11) is 0. The lowest BCUT2D eigenvalue weighted by Gasteiger charge is -2.23. The highest BCUT2D eigenvalue weighted by Gasteiger charge is 2.42. The molecule has 2 saturated heterocycles. The number of amides is 1. The largest absolute Gasteiger partial charge is 0.416 e. The first kappa shape index (κ1) is 20.9. The Morgan fingerprint density at radius 2 is 1.83 bits per heavy atom. The van der Waals surface area contributed by atoms with Gasteiger partial charge in [0.1, 0.15) is 0 Å². The molecule has 6 nitrogen and oxygen atoms in total. The van der Waals surface area contributed by atoms with Crippen molar-refractivity contribution >= 4 is 23.4 Å². The minimum absolute atomic E-state index is 0.163. The predicted octanol–water partition coefficient (Wildman–Crippen LogP) is 3.79. The second-order valence-electron chi connectivity index (χ2n) is 7.93. The van der Waals surface area contributed by atoms with Gasteiger partial charge in [-0.15, -0.1) is 0 Å². The number of nitrogens with zero attached hydrogens (tertiary/aromatic N) is 4. The number of likely N-dealkylation sites (tertiary alicyclic amines) is 2. The van der Waals surface area contributed by atoms with Crippen LogP contribution in [-0.4, -0.2) is 57.6 Å². The highest BCUT2D eigenvalue weighted by molar-refractivity contribution is 6.30. The molecule has 2 atom stereocenters. The summed E-state index contributed by atoms with van der Waals surface area (Å²) in [6, 6.07) is 3.35. The van der Waals surface area contributed by atoms with E-state index in [1.807, 2.05) is 4.90 Å². The monoisotopic (exact) mass is 440 g/mol. The van der Waals surface area contributed by atoms with E-state index in [-0.39, 0.29) is 40.8 Å². The number of rotatable bonds is 3. The molecule has 4 rings (SSSR count). The number of fused-ring (bicyclic) bond motifs is 1. The fourth-order valence-electron chi connectivity index (χ4n) is 4.34. The van der Waals surface area contributed by atoms with Gasteiger partial charge in [-0.25, -0.2) is 4.79 Å². The molecule has 3 heterocycles. The first-order valence-electron chi connectivity index (χ1n) is 9.54. The van der Waals surface area contributed by atoms with Crippen molar-refractivity contribution in [3.8, 4) is 0 Å². The average molecular weight is 441 g/mol. The summed E-state index contributed by atoms with van der Waals surface area (Å²) >= 11 is 5.92. The number of halogens is 4. The molecular formula is C20H20ClF3N4O2. The third-order valence-corrected chi connectivity index (χ3v) is 6.02. The summed E-state index contributed by atoms with van der Waals surface area (Å²) in [6.45, 7) is 3.81. The summed E-state index contributed by atoms with van der Waals surface area (Å²) < 4.78 is 41.1. The molecule has 0 radical (unpaired) electrons. The maximum Gasteiger partial charge on any atom is 0.416 e. The lowest BCUT2D eigenvalue weighted by atomic mass is 10.0. The van der Waals surface area contributed by atoms with Crippen LogP contribution in [0.3, 0.4) is 0 Å². The highest BCUT2D eigenvalue weighted by atomic mass is 35.5. The van der Waals surface area contributed by atoms with Gasteiger partial charge in [0.2, 0.25) is 0 Å². The van der Waals surface area contributed by atoms with Gasteiger partial charge in [-0.05, 0) is 42.5 Å². The topological polar surface area (TPSA) is 58.4 Å². The summed E-state index contributed by atoms with van der Waals surface area (Å²) in [5, 5.41) is 4.24. The molecule has 2 unspecified atom stereocenters. The van der Waals surface area contributed by atoms with Gasteiger partial charge >= 0.3 is 12.2 Å². The number of ketones is 1. The molecule has 0 bridgehead atoms. The first-order valence-corrected chi connectivity index (χ1v) is 9.92. The Hall–Kier alpha value is -2.39. The second kappa shape index (κ2) is 7.70. The zero-order valence-electron chi connectivity index (χ0n) is 16.2. The minimum Gasteiger partial charge on any atom is -0.322 e. The Morgan fingerprint density at radius 3 is 2.40 bits per heavy atom. The zero-order valence-corrected chi connectivity index (χ0v) is 17.0. The van der Waals surface area contributed by atoms with Crippen LogP contribution in [0.15, 0.2) is 30.6 Å². The minimum atomic E-state index is -4.43. The Balaban J connectivity index is 1.40. The number of hydrogen-bond donors (Lipinski definition) is 0. The van der Waals surface area contributed by atoms with E-state index >= 15 is 0 Å². The van der Waals surface area contributed by atoms with Crippen molar-refractivity contribution in [1.82, 2.24) is 19.6 Å². The average Bonchev–Trinajstić information content (AvgIpc) is 3.34. The summed E-state index contributed by atoms with van der Waals surface area (Å²) in [5.41, 5.74) is -0.132. The number of aromatic nitrogens is 2. The van der Waals surface area contributed by atoms with E-state index in [9.17, 15) is 22.8 Å². The van der Waals surface area contributed by atoms with Crippen LogP contribution in [0.2, 0.25) is 5.02 Å². The first-order chi connectivity index (χ1) is 14.1. The normalized spacial score (nSPS) is 21.8. The molecular weight excluding hydrogens is 421 g/mol. The smallest absolute Gasteiger partial charge is 0.322 e. The highest BCUT2D eigenvalue weighted by Crippen LogP contribution is 2.36. The third-order valence-electron chi connectivity index (χ3n) is 5.78. The number of Topliss-reactive ketones (excluding diaryl/α,β-unsaturated/α-hetero) is 1. The molecule has 0 spiro atoms. The molecule has 160 valence electrons. The van der Waals surface area contributed by atoms with E-state index in [0.717, 1.165) is 10.7 Å². The van der Waals surface area contributed by atoms with Crippen LogP contribution in [-0.2, 0) is 12.7 Å². The van der Waals surface area contributed by atoms with Crippen LogP contribution >= 0.6 is 11.6 Å². The molecule has 1 aromatic carbocycles. The van der Waals surface area contributed by atoms with Crippen LogP contribution in [0.4, 0.5) is 18.0 Å². The standard InChI is InChI=1S/C20H20ClF3N4O2/c1-12(29)14-5-25-28(11-14)19(30)27-9-15-7-26(8-16(15)10-27)6-13-4-17(21)2-3-18(13)20(22,23)24/h2-5,11,15-16H,6-10H2,1H3. The van der Waals surface area contributed by atoms with Gasteiger partial charge in [0.15, 0.2) is 5.78 Å². The maximum absolute atomic E-state index is 13.3. The molecule has 0 aliphatic carbocycles. The van der Waals surface area contributed by atoms with E-state index in [1.54, 1.807) is 4.90 Å². The Labute approximate surface area is 176 Å². The molecule has 0 N–H and O–H groups in total. The van der Waals surface area contributed by atoms with Gasteiger partial charge in [0.05, 0.1) is 17.3 Å². The third kappa shape index (κ3) is 4.09. The van der Waals surface area contributed by atoms with E-state index < -0.39 is 11.7 Å². The fraction of sp³-hybridized carbons (Fsp3) is 0.450. The summed E-state index contributed by atoms with van der Waals surface area (Å²) in [6.07, 6.45) is -1.65. The lowest BCUT2D eigenvalue weighted by Crippen LogP contribution is -2.36. The Bertz CT molecular complexity index is 977.